The number of fused-ring (bicyclic) bond motifs is 1. The molecule has 1 aliphatic heterocycles. The van der Waals surface area contributed by atoms with E-state index in [1.165, 1.54) is 0 Å². The van der Waals surface area contributed by atoms with Crippen LogP contribution >= 0.6 is 26.8 Å². The van der Waals surface area contributed by atoms with Crippen LogP contribution in [0.3, 0.4) is 0 Å². The number of nitrogens with one attached hydrogen (secondary N) is 1. The number of aryl methyl sites for hydroxylation is 1. The molecule has 0 spiro atoms. The minimum absolute atomic E-state index is 0.0783. The molecule has 220 valence electrons. The first-order valence-electron chi connectivity index (χ1n) is 13.4. The van der Waals surface area contributed by atoms with Gasteiger partial charge in [-0.2, -0.15) is 0 Å². The number of phosphoric ester groups is 1. The Morgan fingerprint density at radius 1 is 1.10 bits per heavy atom. The Bertz CT molecular complexity index is 1540. The van der Waals surface area contributed by atoms with Crippen LogP contribution in [0.5, 0.6) is 5.75 Å². The summed E-state index contributed by atoms with van der Waals surface area (Å²) in [6.45, 7) is 6.44. The lowest BCUT2D eigenvalue weighted by Crippen LogP contribution is -2.16. The van der Waals surface area contributed by atoms with Crippen molar-refractivity contribution < 1.29 is 36.5 Å². The van der Waals surface area contributed by atoms with Crippen LogP contribution < -0.4 is 4.74 Å². The highest BCUT2D eigenvalue weighted by Gasteiger charge is 2.46. The number of thiazole rings is 1. The van der Waals surface area contributed by atoms with Crippen molar-refractivity contribution >= 4 is 37.7 Å². The van der Waals surface area contributed by atoms with Crippen molar-refractivity contribution in [2.24, 2.45) is 0 Å². The van der Waals surface area contributed by atoms with Crippen molar-refractivity contribution in [2.45, 2.75) is 39.5 Å². The summed E-state index contributed by atoms with van der Waals surface area (Å²) in [5.74, 6) is -0.692. The molecule has 4 aromatic rings. The van der Waals surface area contributed by atoms with Gasteiger partial charge in [-0.05, 0) is 57.5 Å². The maximum absolute atomic E-state index is 13.7. The molecule has 1 aliphatic rings. The third-order valence-electron chi connectivity index (χ3n) is 6.23. The van der Waals surface area contributed by atoms with E-state index in [-0.39, 0.29) is 26.4 Å². The summed E-state index contributed by atoms with van der Waals surface area (Å²) in [5.41, 5.74) is 3.11. The van der Waals surface area contributed by atoms with Gasteiger partial charge in [-0.3, -0.25) is 23.1 Å². The first-order chi connectivity index (χ1) is 19.8. The van der Waals surface area contributed by atoms with Crippen LogP contribution in [0.1, 0.15) is 42.4 Å². The predicted octanol–water partition coefficient (Wildman–Crippen LogP) is 7.44. The van der Waals surface area contributed by atoms with Crippen LogP contribution in [-0.2, 0) is 38.2 Å². The molecule has 41 heavy (non-hydrogen) atoms. The monoisotopic (exact) mass is 621 g/mol. The van der Waals surface area contributed by atoms with Gasteiger partial charge in [-0.25, -0.2) is 9.55 Å². The van der Waals surface area contributed by atoms with Crippen molar-refractivity contribution in [3.63, 3.8) is 0 Å². The largest absolute Gasteiger partial charge is 0.493 e. The van der Waals surface area contributed by atoms with Gasteiger partial charge in [-0.1, -0.05) is 0 Å². The molecule has 5 rings (SSSR count). The number of hydrogen-bond donors (Lipinski definition) is 1. The molecule has 0 radical (unpaired) electrons. The fourth-order valence-electron chi connectivity index (χ4n) is 4.33. The van der Waals surface area contributed by atoms with Crippen LogP contribution in [0.4, 0.5) is 0 Å². The quantitative estimate of drug-likeness (QED) is 0.150. The average molecular weight is 622 g/mol. The lowest BCUT2D eigenvalue weighted by Gasteiger charge is -2.30. The zero-order valence-electron chi connectivity index (χ0n) is 23.1. The molecular formula is C27H33N3O8P2S. The summed E-state index contributed by atoms with van der Waals surface area (Å²) in [6.07, 6.45) is 4.76. The van der Waals surface area contributed by atoms with Gasteiger partial charge in [0, 0.05) is 46.2 Å². The molecule has 1 unspecified atom stereocenters. The van der Waals surface area contributed by atoms with Crippen LogP contribution in [0.25, 0.3) is 21.5 Å². The Balaban J connectivity index is 1.33. The highest BCUT2D eigenvalue weighted by Crippen LogP contribution is 2.68. The number of benzene rings is 1. The molecule has 1 aromatic carbocycles. The van der Waals surface area contributed by atoms with Gasteiger partial charge in [0.05, 0.1) is 44.4 Å². The number of pyridine rings is 1. The van der Waals surface area contributed by atoms with Gasteiger partial charge >= 0.3 is 15.4 Å². The molecule has 1 atom stereocenters. The summed E-state index contributed by atoms with van der Waals surface area (Å²) in [7, 11) is -7.91. The number of aromatic nitrogens is 3. The molecule has 14 heteroatoms. The van der Waals surface area contributed by atoms with Gasteiger partial charge in [0.25, 0.3) is 0 Å². The Hall–Kier alpha value is -2.40. The van der Waals surface area contributed by atoms with Gasteiger partial charge in [0.1, 0.15) is 10.8 Å². The second-order valence-electron chi connectivity index (χ2n) is 9.13. The van der Waals surface area contributed by atoms with Crippen molar-refractivity contribution in [2.75, 3.05) is 33.0 Å². The molecule has 1 fully saturated rings. The topological polar surface area (TPSA) is 131 Å². The zero-order valence-corrected chi connectivity index (χ0v) is 25.7. The third kappa shape index (κ3) is 7.16. The lowest BCUT2D eigenvalue weighted by atomic mass is 10.2. The minimum atomic E-state index is -4.05. The molecular weight excluding hydrogens is 588 g/mol. The number of hydrogen-bond acceptors (Lipinski definition) is 11. The molecule has 0 aliphatic carbocycles. The van der Waals surface area contributed by atoms with Crippen molar-refractivity contribution in [3.8, 4) is 16.3 Å². The molecule has 1 saturated heterocycles. The van der Waals surface area contributed by atoms with E-state index >= 15 is 0 Å². The van der Waals surface area contributed by atoms with E-state index in [1.54, 1.807) is 43.6 Å². The normalized spacial score (nSPS) is 16.2. The van der Waals surface area contributed by atoms with Gasteiger partial charge in [-0.15, -0.1) is 11.3 Å². The zero-order chi connectivity index (χ0) is 28.9. The fraction of sp³-hybridized carbons (Fsp3) is 0.407. The summed E-state index contributed by atoms with van der Waals surface area (Å²) in [5, 5.41) is 1.77. The molecule has 1 N–H and O–H groups in total. The van der Waals surface area contributed by atoms with Crippen LogP contribution in [0.15, 0.2) is 48.8 Å². The highest BCUT2D eigenvalue weighted by molar-refractivity contribution is 7.55. The minimum Gasteiger partial charge on any atom is -0.493 e. The highest BCUT2D eigenvalue weighted by atomic mass is 32.1. The van der Waals surface area contributed by atoms with E-state index in [1.807, 2.05) is 30.3 Å². The van der Waals surface area contributed by atoms with Crippen molar-refractivity contribution in [3.05, 3.63) is 65.1 Å². The lowest BCUT2D eigenvalue weighted by molar-refractivity contribution is 0.0728. The van der Waals surface area contributed by atoms with Crippen LogP contribution in [0, 0.1) is 6.92 Å². The summed E-state index contributed by atoms with van der Waals surface area (Å²) in [4.78, 5) is 13.2. The fourth-order valence-corrected chi connectivity index (χ4v) is 8.88. The smallest absolute Gasteiger partial charge is 0.476 e. The number of rotatable bonds is 13. The van der Waals surface area contributed by atoms with Gasteiger partial charge in [0.2, 0.25) is 5.85 Å². The van der Waals surface area contributed by atoms with Crippen LogP contribution in [-0.4, -0.2) is 48.0 Å². The van der Waals surface area contributed by atoms with Gasteiger partial charge < -0.3 is 18.8 Å². The van der Waals surface area contributed by atoms with E-state index in [0.717, 1.165) is 26.5 Å². The number of nitrogens with zero attached hydrogens (tertiary/aromatic N) is 2. The number of ether oxygens (including phenoxy) is 1. The first-order valence-corrected chi connectivity index (χ1v) is 17.3. The number of H-pyrrole nitrogens is 1. The Kier molecular flexibility index (Phi) is 9.74. The molecule has 0 saturated carbocycles. The summed E-state index contributed by atoms with van der Waals surface area (Å²) in [6, 6.07) is 11.2. The first kappa shape index (κ1) is 30.1. The Morgan fingerprint density at radius 3 is 2.54 bits per heavy atom. The predicted molar refractivity (Wildman–Crippen MR) is 156 cm³/mol. The van der Waals surface area contributed by atoms with E-state index in [4.69, 9.17) is 32.3 Å². The second-order valence-corrected chi connectivity index (χ2v) is 14.0. The molecule has 4 heterocycles. The maximum Gasteiger partial charge on any atom is 0.476 e. The SMILES string of the molecule is CCOP(=O)(OCC)OC(c1cc2ccc(OCCc3nc(-c4ccncc4)sc3C)cc2[nH]1)P1(=O)OCCCO1. The molecule has 0 amide bonds. The molecule has 0 bridgehead atoms. The number of aromatic amines is 1. The van der Waals surface area contributed by atoms with E-state index < -0.39 is 21.3 Å². The summed E-state index contributed by atoms with van der Waals surface area (Å²) >= 11 is 1.65. The van der Waals surface area contributed by atoms with Crippen molar-refractivity contribution in [1.29, 1.82) is 0 Å². The Labute approximate surface area is 242 Å². The number of phosphoric acid groups is 1. The third-order valence-corrected chi connectivity index (χ3v) is 11.1. The molecule has 3 aromatic heterocycles. The van der Waals surface area contributed by atoms with E-state index in [0.29, 0.717) is 36.4 Å². The molecule has 11 nitrogen and oxygen atoms in total. The van der Waals surface area contributed by atoms with E-state index in [2.05, 4.69) is 16.9 Å². The average Bonchev–Trinajstić information content (AvgIpc) is 3.56. The Morgan fingerprint density at radius 2 is 1.83 bits per heavy atom. The van der Waals surface area contributed by atoms with E-state index in [9.17, 15) is 9.13 Å². The van der Waals surface area contributed by atoms with Crippen molar-refractivity contribution in [1.82, 2.24) is 15.0 Å². The maximum atomic E-state index is 13.7. The van der Waals surface area contributed by atoms with Crippen LogP contribution in [0.2, 0.25) is 0 Å². The summed E-state index contributed by atoms with van der Waals surface area (Å²) < 4.78 is 60.5. The van der Waals surface area contributed by atoms with Gasteiger partial charge in [0.15, 0.2) is 0 Å². The second kappa shape index (κ2) is 13.3. The standard InChI is InChI=1S/C27H33N3O8P2S/c1-4-34-40(32,35-5-2)38-27(39(31)36-14-6-15-37-39)25-17-21-7-8-22(18-24(21)29-25)33-16-11-23-19(3)41-26(30-23)20-9-12-28-13-10-20/h7-10,12-13,17-18,27,29H,4-6,11,14-16H2,1-3H3.